The first-order chi connectivity index (χ1) is 14.0. The zero-order valence-corrected chi connectivity index (χ0v) is 15.5. The molecule has 0 spiro atoms. The molecule has 0 atom stereocenters. The summed E-state index contributed by atoms with van der Waals surface area (Å²) in [6, 6.07) is 12.9. The second kappa shape index (κ2) is 7.60. The first-order valence-corrected chi connectivity index (χ1v) is 8.76. The van der Waals surface area contributed by atoms with E-state index in [1.54, 1.807) is 36.4 Å². The van der Waals surface area contributed by atoms with Gasteiger partial charge in [-0.1, -0.05) is 18.2 Å². The van der Waals surface area contributed by atoms with Crippen LogP contribution in [0, 0.1) is 0 Å². The Bertz CT molecular complexity index is 1210. The molecule has 0 bridgehead atoms. The van der Waals surface area contributed by atoms with Crippen molar-refractivity contribution in [3.05, 3.63) is 70.1 Å². The number of benzene rings is 2. The summed E-state index contributed by atoms with van der Waals surface area (Å²) >= 11 is 4.98. The number of hydrogen-bond acceptors (Lipinski definition) is 7. The van der Waals surface area contributed by atoms with E-state index >= 15 is 0 Å². The number of carbonyl (C=O) groups excluding carboxylic acids is 2. The van der Waals surface area contributed by atoms with Gasteiger partial charge >= 0.3 is 5.63 Å². The highest BCUT2D eigenvalue weighted by Crippen LogP contribution is 2.32. The summed E-state index contributed by atoms with van der Waals surface area (Å²) in [4.78, 5) is 36.5. The predicted molar refractivity (Wildman–Crippen MR) is 106 cm³/mol. The summed E-state index contributed by atoms with van der Waals surface area (Å²) in [6.45, 7) is 0.0948. The topological polar surface area (TPSA) is 119 Å². The van der Waals surface area contributed by atoms with E-state index in [0.717, 1.165) is 0 Å². The number of para-hydroxylation sites is 1. The summed E-state index contributed by atoms with van der Waals surface area (Å²) in [5.41, 5.74) is 4.40. The standard InChI is InChI=1S/C19H13N3O6S/c23-16(11-5-6-14-15(8-11)27-9-26-14)21-22-19(29)20-17(24)12-7-10-3-1-2-4-13(10)28-18(12)25/h1-8H,9H2,(H,21,23)(H2,20,22,24,29). The Morgan fingerprint density at radius 1 is 0.931 bits per heavy atom. The minimum absolute atomic E-state index is 0.0948. The lowest BCUT2D eigenvalue weighted by atomic mass is 10.2. The van der Waals surface area contributed by atoms with Crippen LogP contribution in [0.4, 0.5) is 0 Å². The van der Waals surface area contributed by atoms with Gasteiger partial charge in [0.05, 0.1) is 0 Å². The second-order valence-electron chi connectivity index (χ2n) is 5.92. The number of rotatable bonds is 2. The average molecular weight is 411 g/mol. The highest BCUT2D eigenvalue weighted by atomic mass is 32.1. The van der Waals surface area contributed by atoms with Gasteiger partial charge in [-0.25, -0.2) is 4.79 Å². The third-order valence-electron chi connectivity index (χ3n) is 4.04. The van der Waals surface area contributed by atoms with Gasteiger partial charge in [-0.2, -0.15) is 0 Å². The van der Waals surface area contributed by atoms with Gasteiger partial charge in [0.2, 0.25) is 6.79 Å². The molecule has 0 aliphatic carbocycles. The number of carbonyl (C=O) groups is 2. The van der Waals surface area contributed by atoms with Crippen LogP contribution < -0.4 is 31.3 Å². The van der Waals surface area contributed by atoms with Crippen LogP contribution in [-0.4, -0.2) is 23.7 Å². The van der Waals surface area contributed by atoms with Crippen molar-refractivity contribution in [3.63, 3.8) is 0 Å². The number of fused-ring (bicyclic) bond motifs is 2. The molecular formula is C19H13N3O6S. The van der Waals surface area contributed by atoms with E-state index < -0.39 is 17.4 Å². The van der Waals surface area contributed by atoms with E-state index in [9.17, 15) is 14.4 Å². The van der Waals surface area contributed by atoms with E-state index in [-0.39, 0.29) is 17.5 Å². The van der Waals surface area contributed by atoms with Crippen molar-refractivity contribution in [2.24, 2.45) is 0 Å². The van der Waals surface area contributed by atoms with Gasteiger partial charge in [0, 0.05) is 10.9 Å². The molecular weight excluding hydrogens is 398 g/mol. The van der Waals surface area contributed by atoms with Crippen LogP contribution >= 0.6 is 12.2 Å². The Labute approximate surface area is 168 Å². The van der Waals surface area contributed by atoms with Crippen molar-refractivity contribution in [3.8, 4) is 11.5 Å². The summed E-state index contributed by atoms with van der Waals surface area (Å²) in [6.07, 6.45) is 0. The van der Waals surface area contributed by atoms with Gasteiger partial charge < -0.3 is 13.9 Å². The normalized spacial score (nSPS) is 11.7. The van der Waals surface area contributed by atoms with Gasteiger partial charge in [0.15, 0.2) is 16.6 Å². The monoisotopic (exact) mass is 411 g/mol. The highest BCUT2D eigenvalue weighted by molar-refractivity contribution is 7.80. The van der Waals surface area contributed by atoms with E-state index in [2.05, 4.69) is 16.2 Å². The van der Waals surface area contributed by atoms with Crippen molar-refractivity contribution in [2.75, 3.05) is 6.79 Å². The first kappa shape index (κ1) is 18.4. The van der Waals surface area contributed by atoms with Crippen LogP contribution in [0.3, 0.4) is 0 Å². The molecule has 0 unspecified atom stereocenters. The Morgan fingerprint density at radius 2 is 1.72 bits per heavy atom. The average Bonchev–Trinajstić information content (AvgIpc) is 3.19. The molecule has 10 heteroatoms. The van der Waals surface area contributed by atoms with E-state index in [1.165, 1.54) is 12.1 Å². The molecule has 1 aromatic heterocycles. The van der Waals surface area contributed by atoms with Crippen molar-refractivity contribution in [2.45, 2.75) is 0 Å². The molecule has 0 fully saturated rings. The minimum atomic E-state index is -0.798. The molecule has 1 aliphatic heterocycles. The van der Waals surface area contributed by atoms with E-state index in [4.69, 9.17) is 26.1 Å². The number of thiocarbonyl (C=S) groups is 1. The largest absolute Gasteiger partial charge is 0.454 e. The zero-order valence-electron chi connectivity index (χ0n) is 14.7. The molecule has 3 N–H and O–H groups in total. The van der Waals surface area contributed by atoms with Crippen LogP contribution in [0.15, 0.2) is 57.7 Å². The Balaban J connectivity index is 1.38. The highest BCUT2D eigenvalue weighted by Gasteiger charge is 2.17. The lowest BCUT2D eigenvalue weighted by Gasteiger charge is -2.11. The summed E-state index contributed by atoms with van der Waals surface area (Å²) in [5, 5.41) is 2.70. The fourth-order valence-corrected chi connectivity index (χ4v) is 2.79. The van der Waals surface area contributed by atoms with E-state index in [0.29, 0.717) is 28.0 Å². The first-order valence-electron chi connectivity index (χ1n) is 8.35. The Kier molecular flexibility index (Phi) is 4.83. The third kappa shape index (κ3) is 3.87. The van der Waals surface area contributed by atoms with E-state index in [1.807, 2.05) is 0 Å². The molecule has 3 aromatic rings. The Morgan fingerprint density at radius 3 is 2.59 bits per heavy atom. The lowest BCUT2D eigenvalue weighted by molar-refractivity contribution is 0.0933. The molecule has 0 radical (unpaired) electrons. The predicted octanol–water partition coefficient (Wildman–Crippen LogP) is 1.47. The molecule has 2 heterocycles. The molecule has 1 aliphatic rings. The molecule has 9 nitrogen and oxygen atoms in total. The summed E-state index contributed by atoms with van der Waals surface area (Å²) in [7, 11) is 0. The van der Waals surface area contributed by atoms with Gasteiger partial charge in [-0.3, -0.25) is 25.8 Å². The van der Waals surface area contributed by atoms with Crippen molar-refractivity contribution >= 4 is 40.1 Å². The van der Waals surface area contributed by atoms with Crippen LogP contribution in [0.25, 0.3) is 11.0 Å². The molecule has 2 aromatic carbocycles. The fraction of sp³-hybridized carbons (Fsp3) is 0.0526. The number of ether oxygens (including phenoxy) is 2. The Hall–Kier alpha value is -3.92. The number of amides is 2. The maximum absolute atomic E-state index is 12.3. The molecule has 146 valence electrons. The van der Waals surface area contributed by atoms with Crippen molar-refractivity contribution < 1.29 is 23.5 Å². The van der Waals surface area contributed by atoms with Crippen LogP contribution in [-0.2, 0) is 0 Å². The van der Waals surface area contributed by atoms with Crippen molar-refractivity contribution in [1.29, 1.82) is 0 Å². The maximum Gasteiger partial charge on any atom is 0.349 e. The maximum atomic E-state index is 12.3. The van der Waals surface area contributed by atoms with Crippen LogP contribution in [0.1, 0.15) is 20.7 Å². The molecule has 4 rings (SSSR count). The fourth-order valence-electron chi connectivity index (χ4n) is 2.65. The molecule has 0 saturated carbocycles. The number of hydrazine groups is 1. The zero-order chi connectivity index (χ0) is 20.4. The van der Waals surface area contributed by atoms with Gasteiger partial charge in [-0.15, -0.1) is 0 Å². The van der Waals surface area contributed by atoms with Crippen LogP contribution in [0.5, 0.6) is 11.5 Å². The van der Waals surface area contributed by atoms with Gasteiger partial charge in [-0.05, 0) is 42.5 Å². The summed E-state index contributed by atoms with van der Waals surface area (Å²) in [5.74, 6) is -0.271. The SMILES string of the molecule is O=C(NNC(=S)NC(=O)c1cc2ccccc2oc1=O)c1ccc2c(c1)OCO2. The van der Waals surface area contributed by atoms with Crippen LogP contribution in [0.2, 0.25) is 0 Å². The lowest BCUT2D eigenvalue weighted by Crippen LogP contribution is -2.49. The number of hydrogen-bond donors (Lipinski definition) is 3. The minimum Gasteiger partial charge on any atom is -0.454 e. The van der Waals surface area contributed by atoms with Crippen molar-refractivity contribution in [1.82, 2.24) is 16.2 Å². The number of nitrogens with one attached hydrogen (secondary N) is 3. The quantitative estimate of drug-likeness (QED) is 0.330. The third-order valence-corrected chi connectivity index (χ3v) is 4.24. The second-order valence-corrected chi connectivity index (χ2v) is 6.32. The summed E-state index contributed by atoms with van der Waals surface area (Å²) < 4.78 is 15.5. The molecule has 0 saturated heterocycles. The molecule has 2 amide bonds. The molecule has 29 heavy (non-hydrogen) atoms. The smallest absolute Gasteiger partial charge is 0.349 e. The van der Waals surface area contributed by atoms with Gasteiger partial charge in [0.1, 0.15) is 11.1 Å². The van der Waals surface area contributed by atoms with Gasteiger partial charge in [0.25, 0.3) is 11.8 Å².